The molecule has 0 fully saturated rings. The van der Waals surface area contributed by atoms with Crippen LogP contribution in [0.5, 0.6) is 0 Å². The molecule has 0 aliphatic carbocycles. The molecule has 0 heterocycles. The van der Waals surface area contributed by atoms with Crippen molar-refractivity contribution in [2.24, 2.45) is 0 Å². The van der Waals surface area contributed by atoms with E-state index in [1.165, 1.54) is 0 Å². The number of hydrogen-bond acceptors (Lipinski definition) is 3. The Morgan fingerprint density at radius 1 is 1.29 bits per heavy atom. The van der Waals surface area contributed by atoms with Crippen molar-refractivity contribution < 1.29 is 13.6 Å². The second-order valence-electron chi connectivity index (χ2n) is 3.39. The fourth-order valence-electron chi connectivity index (χ4n) is 1.47. The third kappa shape index (κ3) is 3.83. The van der Waals surface area contributed by atoms with Gasteiger partial charge in [-0.1, -0.05) is 0 Å². The minimum Gasteiger partial charge on any atom is -0.755 e. The predicted molar refractivity (Wildman–Crippen MR) is 66.2 cm³/mol. The maximum Gasteiger partial charge on any atom is 0.253 e. The molecule has 0 aliphatic rings. The molecule has 1 N–H and O–H groups in total. The van der Waals surface area contributed by atoms with E-state index in [2.05, 4.69) is 4.72 Å². The largest absolute Gasteiger partial charge is 0.755 e. The molecule has 0 spiro atoms. The normalized spacial score (nSPS) is 11.9. The number of nitrogens with one attached hydrogen (secondary N) is 1. The number of amides is 1. The Kier molecular flexibility index (Phi) is 5.11. The summed E-state index contributed by atoms with van der Waals surface area (Å²) >= 11 is -2.34. The van der Waals surface area contributed by atoms with Crippen molar-refractivity contribution in [2.75, 3.05) is 17.8 Å². The van der Waals surface area contributed by atoms with Gasteiger partial charge in [-0.25, -0.2) is 0 Å². The number of hydrogen-bond donors (Lipinski definition) is 1. The van der Waals surface area contributed by atoms with E-state index in [-0.39, 0.29) is 5.91 Å². The number of anilines is 1. The van der Waals surface area contributed by atoms with E-state index in [0.29, 0.717) is 24.3 Å². The van der Waals surface area contributed by atoms with Crippen LogP contribution in [0.15, 0.2) is 24.3 Å². The third-order valence-electron chi connectivity index (χ3n) is 2.38. The molecule has 0 saturated carbocycles. The van der Waals surface area contributed by atoms with Crippen molar-refractivity contribution in [1.29, 1.82) is 0 Å². The van der Waals surface area contributed by atoms with Gasteiger partial charge in [-0.15, -0.1) is 0 Å². The smallest absolute Gasteiger partial charge is 0.253 e. The molecular weight excluding hydrogens is 240 g/mol. The molecular formula is C11H15N2O3S-. The molecule has 1 atom stereocenters. The second-order valence-corrected chi connectivity index (χ2v) is 4.07. The summed E-state index contributed by atoms with van der Waals surface area (Å²) in [5.41, 5.74) is 0.991. The molecule has 6 heteroatoms. The Bertz CT molecular complexity index is 402. The molecule has 1 aromatic rings. The van der Waals surface area contributed by atoms with Crippen molar-refractivity contribution in [3.05, 3.63) is 29.8 Å². The van der Waals surface area contributed by atoms with Crippen molar-refractivity contribution in [1.82, 2.24) is 4.90 Å². The lowest BCUT2D eigenvalue weighted by atomic mass is 10.2. The Labute approximate surface area is 103 Å². The van der Waals surface area contributed by atoms with E-state index in [1.54, 1.807) is 29.2 Å². The highest BCUT2D eigenvalue weighted by atomic mass is 32.2. The summed E-state index contributed by atoms with van der Waals surface area (Å²) in [5, 5.41) is 0. The van der Waals surface area contributed by atoms with Gasteiger partial charge in [-0.3, -0.25) is 9.00 Å². The fraction of sp³-hybridized carbons (Fsp3) is 0.364. The molecule has 94 valence electrons. The summed E-state index contributed by atoms with van der Waals surface area (Å²) in [7, 11) is 0. The highest BCUT2D eigenvalue weighted by Gasteiger charge is 2.11. The van der Waals surface area contributed by atoms with Crippen LogP contribution in [0.1, 0.15) is 24.2 Å². The number of nitrogens with zero attached hydrogens (tertiary/aromatic N) is 1. The first-order valence-electron chi connectivity index (χ1n) is 5.33. The van der Waals surface area contributed by atoms with E-state index >= 15 is 0 Å². The highest BCUT2D eigenvalue weighted by Crippen LogP contribution is 2.11. The van der Waals surface area contributed by atoms with Gasteiger partial charge < -0.3 is 14.2 Å². The predicted octanol–water partition coefficient (Wildman–Crippen LogP) is 1.37. The molecule has 1 aromatic carbocycles. The maximum atomic E-state index is 11.9. The average molecular weight is 255 g/mol. The minimum absolute atomic E-state index is 0.0511. The van der Waals surface area contributed by atoms with Crippen LogP contribution in [0.2, 0.25) is 0 Å². The van der Waals surface area contributed by atoms with Crippen LogP contribution in [0.25, 0.3) is 0 Å². The van der Waals surface area contributed by atoms with Crippen LogP contribution >= 0.6 is 0 Å². The van der Waals surface area contributed by atoms with E-state index in [4.69, 9.17) is 0 Å². The summed E-state index contributed by atoms with van der Waals surface area (Å²) < 4.78 is 23.0. The monoisotopic (exact) mass is 255 g/mol. The molecule has 0 aromatic heterocycles. The lowest BCUT2D eigenvalue weighted by molar-refractivity contribution is 0.0773. The summed E-state index contributed by atoms with van der Waals surface area (Å²) in [6.45, 7) is 5.13. The van der Waals surface area contributed by atoms with Gasteiger partial charge in [0, 0.05) is 35.6 Å². The van der Waals surface area contributed by atoms with Crippen molar-refractivity contribution in [3.8, 4) is 0 Å². The first-order valence-corrected chi connectivity index (χ1v) is 6.41. The Balaban J connectivity index is 2.80. The molecule has 1 rings (SSSR count). The van der Waals surface area contributed by atoms with E-state index in [9.17, 15) is 13.6 Å². The van der Waals surface area contributed by atoms with E-state index in [0.717, 1.165) is 0 Å². The summed E-state index contributed by atoms with van der Waals surface area (Å²) in [5.74, 6) is -0.0511. The summed E-state index contributed by atoms with van der Waals surface area (Å²) in [6, 6.07) is 6.34. The number of carbonyl (C=O) groups is 1. The number of rotatable bonds is 5. The minimum atomic E-state index is -2.34. The van der Waals surface area contributed by atoms with Gasteiger partial charge in [-0.05, 0) is 38.1 Å². The summed E-state index contributed by atoms with van der Waals surface area (Å²) in [6.07, 6.45) is 0. The molecule has 0 radical (unpaired) electrons. The Hall–Kier alpha value is -1.40. The van der Waals surface area contributed by atoms with Crippen molar-refractivity contribution in [3.63, 3.8) is 0 Å². The van der Waals surface area contributed by atoms with Gasteiger partial charge in [0.2, 0.25) is 0 Å². The highest BCUT2D eigenvalue weighted by molar-refractivity contribution is 7.80. The Morgan fingerprint density at radius 2 is 1.82 bits per heavy atom. The van der Waals surface area contributed by atoms with Crippen LogP contribution < -0.4 is 4.72 Å². The zero-order valence-electron chi connectivity index (χ0n) is 9.80. The SMILES string of the molecule is CCN(CC)C(=O)c1ccc(NS(=O)[O-])cc1. The molecule has 0 saturated heterocycles. The second kappa shape index (κ2) is 6.36. The van der Waals surface area contributed by atoms with Gasteiger partial charge >= 0.3 is 0 Å². The van der Waals surface area contributed by atoms with E-state index in [1.807, 2.05) is 13.8 Å². The molecule has 17 heavy (non-hydrogen) atoms. The maximum absolute atomic E-state index is 11.9. The van der Waals surface area contributed by atoms with Gasteiger partial charge in [-0.2, -0.15) is 0 Å². The fourth-order valence-corrected chi connectivity index (χ4v) is 1.80. The third-order valence-corrected chi connectivity index (χ3v) is 2.79. The van der Waals surface area contributed by atoms with Crippen molar-refractivity contribution in [2.45, 2.75) is 13.8 Å². The molecule has 1 unspecified atom stereocenters. The number of carbonyl (C=O) groups excluding carboxylic acids is 1. The number of benzene rings is 1. The lowest BCUT2D eigenvalue weighted by Crippen LogP contribution is -2.30. The Morgan fingerprint density at radius 3 is 2.24 bits per heavy atom. The van der Waals surface area contributed by atoms with Gasteiger partial charge in [0.25, 0.3) is 5.91 Å². The van der Waals surface area contributed by atoms with Crippen LogP contribution in [-0.4, -0.2) is 32.7 Å². The zero-order chi connectivity index (χ0) is 12.8. The molecule has 5 nitrogen and oxygen atoms in total. The van der Waals surface area contributed by atoms with Gasteiger partial charge in [0.1, 0.15) is 0 Å². The average Bonchev–Trinajstić information content (AvgIpc) is 2.30. The van der Waals surface area contributed by atoms with Crippen LogP contribution in [-0.2, 0) is 11.3 Å². The molecule has 0 aliphatic heterocycles. The molecule has 0 bridgehead atoms. The first-order chi connectivity index (χ1) is 8.08. The van der Waals surface area contributed by atoms with Gasteiger partial charge in [0.05, 0.1) is 0 Å². The first kappa shape index (κ1) is 13.7. The zero-order valence-corrected chi connectivity index (χ0v) is 10.6. The van der Waals surface area contributed by atoms with Gasteiger partial charge in [0.15, 0.2) is 0 Å². The van der Waals surface area contributed by atoms with Crippen molar-refractivity contribution >= 4 is 22.9 Å². The standard InChI is InChI=1S/C11H16N2O3S/c1-3-13(4-2)11(14)9-5-7-10(8-6-9)12-17(15)16/h5-8,12H,3-4H2,1-2H3,(H,15,16)/p-1. The molecule has 1 amide bonds. The van der Waals surface area contributed by atoms with Crippen LogP contribution in [0.4, 0.5) is 5.69 Å². The van der Waals surface area contributed by atoms with E-state index < -0.39 is 11.3 Å². The summed E-state index contributed by atoms with van der Waals surface area (Å²) in [4.78, 5) is 13.6. The van der Waals surface area contributed by atoms with Crippen LogP contribution in [0.3, 0.4) is 0 Å². The quantitative estimate of drug-likeness (QED) is 0.808. The lowest BCUT2D eigenvalue weighted by Gasteiger charge is -2.18. The van der Waals surface area contributed by atoms with Crippen LogP contribution in [0, 0.1) is 0 Å². The topological polar surface area (TPSA) is 72.5 Å².